The number of nitrogens with zero attached hydrogens (tertiary/aromatic N) is 1. The zero-order valence-electron chi connectivity index (χ0n) is 10.0. The maximum atomic E-state index is 9.85. The molecule has 4 heteroatoms. The fourth-order valence-electron chi connectivity index (χ4n) is 1.65. The van der Waals surface area contributed by atoms with Crippen LogP contribution in [0.3, 0.4) is 0 Å². The van der Waals surface area contributed by atoms with Gasteiger partial charge in [0.15, 0.2) is 0 Å². The van der Waals surface area contributed by atoms with Crippen LogP contribution in [0.15, 0.2) is 24.4 Å². The summed E-state index contributed by atoms with van der Waals surface area (Å²) in [4.78, 5) is 5.50. The highest BCUT2D eigenvalue weighted by molar-refractivity contribution is 7.11. The lowest BCUT2D eigenvalue weighted by Gasteiger charge is -2.07. The molecule has 0 saturated carbocycles. The van der Waals surface area contributed by atoms with Gasteiger partial charge < -0.3 is 10.4 Å². The van der Waals surface area contributed by atoms with Gasteiger partial charge in [0, 0.05) is 29.7 Å². The quantitative estimate of drug-likeness (QED) is 0.874. The molecule has 0 aliphatic heterocycles. The maximum Gasteiger partial charge on any atom is 0.122 e. The van der Waals surface area contributed by atoms with Crippen molar-refractivity contribution < 1.29 is 5.11 Å². The Morgan fingerprint density at radius 2 is 2.12 bits per heavy atom. The summed E-state index contributed by atoms with van der Waals surface area (Å²) in [5, 5.41) is 14.2. The molecule has 0 atom stereocenters. The minimum Gasteiger partial charge on any atom is -0.507 e. The Hall–Kier alpha value is -1.39. The zero-order valence-corrected chi connectivity index (χ0v) is 10.8. The molecule has 3 nitrogen and oxygen atoms in total. The minimum atomic E-state index is 0.385. The van der Waals surface area contributed by atoms with Crippen molar-refractivity contribution in [3.8, 4) is 5.75 Å². The molecule has 0 aliphatic carbocycles. The van der Waals surface area contributed by atoms with Crippen LogP contribution in [0.25, 0.3) is 0 Å². The molecule has 1 aromatic carbocycles. The van der Waals surface area contributed by atoms with Gasteiger partial charge in [-0.2, -0.15) is 0 Å². The van der Waals surface area contributed by atoms with Crippen LogP contribution >= 0.6 is 11.3 Å². The van der Waals surface area contributed by atoms with Gasteiger partial charge in [0.1, 0.15) is 10.8 Å². The van der Waals surface area contributed by atoms with Crippen LogP contribution in [0, 0.1) is 13.8 Å². The van der Waals surface area contributed by atoms with Crippen LogP contribution in [0.2, 0.25) is 0 Å². The highest BCUT2D eigenvalue weighted by Crippen LogP contribution is 2.21. The van der Waals surface area contributed by atoms with Crippen LogP contribution in [-0.4, -0.2) is 10.1 Å². The standard InChI is InChI=1S/C13H16N2OS/c1-9-4-3-5-11(13(9)16)7-14-8-12-15-6-10(2)17-12/h3-6,14,16H,7-8H2,1-2H3. The molecule has 0 aliphatic rings. The van der Waals surface area contributed by atoms with E-state index in [2.05, 4.69) is 10.3 Å². The molecule has 0 radical (unpaired) electrons. The van der Waals surface area contributed by atoms with Gasteiger partial charge in [0.2, 0.25) is 0 Å². The summed E-state index contributed by atoms with van der Waals surface area (Å²) in [7, 11) is 0. The maximum absolute atomic E-state index is 9.85. The van der Waals surface area contributed by atoms with Gasteiger partial charge in [-0.15, -0.1) is 11.3 Å². The van der Waals surface area contributed by atoms with Crippen molar-refractivity contribution in [1.29, 1.82) is 0 Å². The lowest BCUT2D eigenvalue weighted by atomic mass is 10.1. The fraction of sp³-hybridized carbons (Fsp3) is 0.308. The van der Waals surface area contributed by atoms with Crippen LogP contribution in [0.4, 0.5) is 0 Å². The first-order valence-electron chi connectivity index (χ1n) is 5.56. The van der Waals surface area contributed by atoms with Crippen molar-refractivity contribution in [3.05, 3.63) is 45.4 Å². The molecule has 0 spiro atoms. The van der Waals surface area contributed by atoms with Crippen molar-refractivity contribution in [2.24, 2.45) is 0 Å². The second-order valence-corrected chi connectivity index (χ2v) is 5.37. The zero-order chi connectivity index (χ0) is 12.3. The molecule has 2 rings (SSSR count). The predicted molar refractivity (Wildman–Crippen MR) is 70.2 cm³/mol. The number of hydrogen-bond acceptors (Lipinski definition) is 4. The Balaban J connectivity index is 1.92. The molecule has 90 valence electrons. The molecule has 0 saturated heterocycles. The highest BCUT2D eigenvalue weighted by Gasteiger charge is 2.03. The van der Waals surface area contributed by atoms with Crippen molar-refractivity contribution in [2.45, 2.75) is 26.9 Å². The topological polar surface area (TPSA) is 45.2 Å². The molecule has 0 fully saturated rings. The van der Waals surface area contributed by atoms with E-state index in [1.165, 1.54) is 4.88 Å². The van der Waals surface area contributed by atoms with Crippen molar-refractivity contribution in [3.63, 3.8) is 0 Å². The van der Waals surface area contributed by atoms with Gasteiger partial charge in [-0.05, 0) is 19.4 Å². The van der Waals surface area contributed by atoms with E-state index in [1.807, 2.05) is 38.2 Å². The SMILES string of the molecule is Cc1cnc(CNCc2cccc(C)c2O)s1. The molecule has 1 heterocycles. The third-order valence-corrected chi connectivity index (χ3v) is 3.49. The lowest BCUT2D eigenvalue weighted by Crippen LogP contribution is -2.12. The summed E-state index contributed by atoms with van der Waals surface area (Å²) in [6.45, 7) is 5.36. The second kappa shape index (κ2) is 5.29. The van der Waals surface area contributed by atoms with E-state index in [0.29, 0.717) is 12.3 Å². The summed E-state index contributed by atoms with van der Waals surface area (Å²) in [6, 6.07) is 5.80. The second-order valence-electron chi connectivity index (χ2n) is 4.05. The van der Waals surface area contributed by atoms with Gasteiger partial charge in [-0.25, -0.2) is 4.98 Å². The summed E-state index contributed by atoms with van der Waals surface area (Å²) >= 11 is 1.69. The minimum absolute atomic E-state index is 0.385. The number of rotatable bonds is 4. The first kappa shape index (κ1) is 12.1. The van der Waals surface area contributed by atoms with Gasteiger partial charge in [0.25, 0.3) is 0 Å². The molecule has 0 amide bonds. The Bertz CT molecular complexity index is 508. The monoisotopic (exact) mass is 248 g/mol. The molecule has 2 aromatic rings. The number of para-hydroxylation sites is 1. The first-order chi connectivity index (χ1) is 8.16. The summed E-state index contributed by atoms with van der Waals surface area (Å²) < 4.78 is 0. The highest BCUT2D eigenvalue weighted by atomic mass is 32.1. The smallest absolute Gasteiger partial charge is 0.122 e. The largest absolute Gasteiger partial charge is 0.507 e. The molecule has 0 unspecified atom stereocenters. The van der Waals surface area contributed by atoms with Gasteiger partial charge in [-0.1, -0.05) is 18.2 Å². The number of benzene rings is 1. The van der Waals surface area contributed by atoms with Crippen molar-refractivity contribution in [2.75, 3.05) is 0 Å². The van der Waals surface area contributed by atoms with Gasteiger partial charge >= 0.3 is 0 Å². The number of nitrogens with one attached hydrogen (secondary N) is 1. The van der Waals surface area contributed by atoms with E-state index in [9.17, 15) is 5.11 Å². The van der Waals surface area contributed by atoms with Crippen LogP contribution in [0.5, 0.6) is 5.75 Å². The number of phenols is 1. The number of aromatic nitrogens is 1. The van der Waals surface area contributed by atoms with Gasteiger partial charge in [-0.3, -0.25) is 0 Å². The van der Waals surface area contributed by atoms with Crippen LogP contribution in [-0.2, 0) is 13.1 Å². The molecule has 17 heavy (non-hydrogen) atoms. The normalized spacial score (nSPS) is 10.7. The van der Waals surface area contributed by atoms with Crippen LogP contribution in [0.1, 0.15) is 21.0 Å². The number of aryl methyl sites for hydroxylation is 2. The number of thiazole rings is 1. The van der Waals surface area contributed by atoms with E-state index >= 15 is 0 Å². The average molecular weight is 248 g/mol. The first-order valence-corrected chi connectivity index (χ1v) is 6.38. The third kappa shape index (κ3) is 3.05. The molecular weight excluding hydrogens is 232 g/mol. The van der Waals surface area contributed by atoms with Crippen molar-refractivity contribution in [1.82, 2.24) is 10.3 Å². The Kier molecular flexibility index (Phi) is 3.76. The predicted octanol–water partition coefficient (Wildman–Crippen LogP) is 2.76. The number of phenolic OH excluding ortho intramolecular Hbond substituents is 1. The van der Waals surface area contributed by atoms with Gasteiger partial charge in [0.05, 0.1) is 0 Å². The van der Waals surface area contributed by atoms with Crippen molar-refractivity contribution >= 4 is 11.3 Å². The molecule has 2 N–H and O–H groups in total. The van der Waals surface area contributed by atoms with E-state index < -0.39 is 0 Å². The Morgan fingerprint density at radius 1 is 1.29 bits per heavy atom. The number of aromatic hydroxyl groups is 1. The van der Waals surface area contributed by atoms with E-state index in [4.69, 9.17) is 0 Å². The summed E-state index contributed by atoms with van der Waals surface area (Å²) in [5.74, 6) is 0.385. The average Bonchev–Trinajstić information content (AvgIpc) is 2.70. The third-order valence-electron chi connectivity index (χ3n) is 2.58. The fourth-order valence-corrected chi connectivity index (χ4v) is 2.41. The molecule has 1 aromatic heterocycles. The lowest BCUT2D eigenvalue weighted by molar-refractivity contribution is 0.460. The van der Waals surface area contributed by atoms with Crippen LogP contribution < -0.4 is 5.32 Å². The Morgan fingerprint density at radius 3 is 2.82 bits per heavy atom. The van der Waals surface area contributed by atoms with E-state index in [0.717, 1.165) is 22.7 Å². The Labute approximate surface area is 105 Å². The van der Waals surface area contributed by atoms with E-state index in [1.54, 1.807) is 11.3 Å². The molecular formula is C13H16N2OS. The molecule has 0 bridgehead atoms. The summed E-state index contributed by atoms with van der Waals surface area (Å²) in [6.07, 6.45) is 1.88. The number of hydrogen-bond donors (Lipinski definition) is 2. The van der Waals surface area contributed by atoms with E-state index in [-0.39, 0.29) is 0 Å². The summed E-state index contributed by atoms with van der Waals surface area (Å²) in [5.41, 5.74) is 1.84.